The lowest BCUT2D eigenvalue weighted by Gasteiger charge is -2.22. The van der Waals surface area contributed by atoms with Gasteiger partial charge in [-0.05, 0) is 55.3 Å². The molecule has 4 nitrogen and oxygen atoms in total. The highest BCUT2D eigenvalue weighted by Gasteiger charge is 2.29. The second-order valence-corrected chi connectivity index (χ2v) is 6.79. The van der Waals surface area contributed by atoms with E-state index in [1.165, 1.54) is 0 Å². The van der Waals surface area contributed by atoms with Crippen LogP contribution in [0.25, 0.3) is 6.08 Å². The Kier molecular flexibility index (Phi) is 4.32. The van der Waals surface area contributed by atoms with Crippen molar-refractivity contribution in [1.82, 2.24) is 0 Å². The van der Waals surface area contributed by atoms with E-state index in [1.54, 1.807) is 24.3 Å². The molecule has 2 heterocycles. The highest BCUT2D eigenvalue weighted by atomic mass is 16.5. The zero-order valence-corrected chi connectivity index (χ0v) is 15.3. The number of allylic oxidation sites excluding steroid dienone is 1. The van der Waals surface area contributed by atoms with Gasteiger partial charge in [0.05, 0.1) is 5.56 Å². The summed E-state index contributed by atoms with van der Waals surface area (Å²) in [6.07, 6.45) is 3.62. The minimum absolute atomic E-state index is 0.136. The van der Waals surface area contributed by atoms with Crippen LogP contribution >= 0.6 is 0 Å². The maximum Gasteiger partial charge on any atom is 0.231 e. The van der Waals surface area contributed by atoms with Crippen molar-refractivity contribution in [2.45, 2.75) is 20.0 Å². The van der Waals surface area contributed by atoms with Crippen molar-refractivity contribution in [1.29, 1.82) is 0 Å². The minimum Gasteiger partial charge on any atom is -0.489 e. The SMILES string of the molecule is C=C(C)COc1ccc2c(c1)O/C(=C\C1=Cc3ccccc3OC1C)C2=O. The molecule has 0 saturated carbocycles. The molecule has 1 atom stereocenters. The number of fused-ring (bicyclic) bond motifs is 2. The van der Waals surface area contributed by atoms with Gasteiger partial charge in [-0.25, -0.2) is 0 Å². The van der Waals surface area contributed by atoms with Crippen LogP contribution in [0, 0.1) is 0 Å². The van der Waals surface area contributed by atoms with E-state index in [9.17, 15) is 4.79 Å². The van der Waals surface area contributed by atoms with Gasteiger partial charge in [0.1, 0.15) is 30.0 Å². The van der Waals surface area contributed by atoms with E-state index in [4.69, 9.17) is 14.2 Å². The molecular weight excluding hydrogens is 340 g/mol. The summed E-state index contributed by atoms with van der Waals surface area (Å²) in [4.78, 5) is 12.7. The standard InChI is InChI=1S/C23H20O4/c1-14(2)13-25-18-8-9-19-21(12-18)27-22(23(19)24)11-17-10-16-6-4-5-7-20(16)26-15(17)3/h4-12,15H,1,13H2,2-3H3/b22-11-. The first-order valence-corrected chi connectivity index (χ1v) is 8.84. The van der Waals surface area contributed by atoms with Gasteiger partial charge < -0.3 is 14.2 Å². The number of hydrogen-bond donors (Lipinski definition) is 0. The summed E-state index contributed by atoms with van der Waals surface area (Å²) in [6.45, 7) is 8.09. The highest BCUT2D eigenvalue weighted by molar-refractivity contribution is 6.12. The number of hydrogen-bond acceptors (Lipinski definition) is 4. The Balaban J connectivity index is 1.61. The van der Waals surface area contributed by atoms with Gasteiger partial charge >= 0.3 is 0 Å². The summed E-state index contributed by atoms with van der Waals surface area (Å²) in [7, 11) is 0. The van der Waals surface area contributed by atoms with Crippen LogP contribution in [-0.4, -0.2) is 18.5 Å². The third kappa shape index (κ3) is 3.38. The van der Waals surface area contributed by atoms with Crippen LogP contribution < -0.4 is 14.2 Å². The van der Waals surface area contributed by atoms with Gasteiger partial charge in [-0.3, -0.25) is 4.79 Å². The van der Waals surface area contributed by atoms with E-state index in [-0.39, 0.29) is 11.9 Å². The largest absolute Gasteiger partial charge is 0.489 e. The number of carbonyl (C=O) groups excluding carboxylic acids is 1. The first-order chi connectivity index (χ1) is 13.0. The fourth-order valence-electron chi connectivity index (χ4n) is 3.04. The first-order valence-electron chi connectivity index (χ1n) is 8.84. The molecule has 136 valence electrons. The number of ether oxygens (including phenoxy) is 3. The summed E-state index contributed by atoms with van der Waals surface area (Å²) in [6, 6.07) is 13.1. The van der Waals surface area contributed by atoms with E-state index < -0.39 is 0 Å². The van der Waals surface area contributed by atoms with Crippen molar-refractivity contribution in [2.75, 3.05) is 6.61 Å². The van der Waals surface area contributed by atoms with E-state index >= 15 is 0 Å². The molecule has 0 N–H and O–H groups in total. The smallest absolute Gasteiger partial charge is 0.231 e. The Morgan fingerprint density at radius 2 is 2.04 bits per heavy atom. The van der Waals surface area contributed by atoms with Gasteiger partial charge in [0, 0.05) is 11.6 Å². The van der Waals surface area contributed by atoms with Gasteiger partial charge in [0.25, 0.3) is 0 Å². The molecule has 4 heteroatoms. The second kappa shape index (κ2) is 6.80. The molecule has 2 aliphatic rings. The third-order valence-corrected chi connectivity index (χ3v) is 4.44. The molecule has 1 unspecified atom stereocenters. The van der Waals surface area contributed by atoms with E-state index in [2.05, 4.69) is 6.58 Å². The molecule has 0 aromatic heterocycles. The summed E-state index contributed by atoms with van der Waals surface area (Å²) < 4.78 is 17.4. The normalized spacial score (nSPS) is 18.9. The van der Waals surface area contributed by atoms with Crippen molar-refractivity contribution >= 4 is 11.9 Å². The Morgan fingerprint density at radius 1 is 1.22 bits per heavy atom. The summed E-state index contributed by atoms with van der Waals surface area (Å²) in [5.41, 5.74) is 3.34. The molecule has 0 amide bonds. The van der Waals surface area contributed by atoms with Gasteiger partial charge in [-0.2, -0.15) is 0 Å². The molecule has 2 aliphatic heterocycles. The quantitative estimate of drug-likeness (QED) is 0.571. The Morgan fingerprint density at radius 3 is 2.85 bits per heavy atom. The predicted octanol–water partition coefficient (Wildman–Crippen LogP) is 4.97. The maximum atomic E-state index is 12.7. The van der Waals surface area contributed by atoms with Crippen molar-refractivity contribution in [3.8, 4) is 17.2 Å². The van der Waals surface area contributed by atoms with E-state index in [1.807, 2.05) is 44.2 Å². The number of carbonyl (C=O) groups is 1. The average Bonchev–Trinajstić information content (AvgIpc) is 2.96. The number of Topliss-reactive ketones (excluding diaryl/α,β-unsaturated/α-hetero) is 1. The fraction of sp³-hybridized carbons (Fsp3) is 0.174. The van der Waals surface area contributed by atoms with Crippen LogP contribution in [0.3, 0.4) is 0 Å². The Labute approximate surface area is 158 Å². The summed E-state index contributed by atoms with van der Waals surface area (Å²) in [5, 5.41) is 0. The maximum absolute atomic E-state index is 12.7. The zero-order chi connectivity index (χ0) is 19.0. The van der Waals surface area contributed by atoms with Crippen molar-refractivity contribution in [3.63, 3.8) is 0 Å². The first kappa shape index (κ1) is 17.2. The van der Waals surface area contributed by atoms with Crippen molar-refractivity contribution in [2.24, 2.45) is 0 Å². The second-order valence-electron chi connectivity index (χ2n) is 6.79. The molecule has 0 spiro atoms. The third-order valence-electron chi connectivity index (χ3n) is 4.44. The molecular formula is C23H20O4. The topological polar surface area (TPSA) is 44.8 Å². The van der Waals surface area contributed by atoms with Gasteiger partial charge in [-0.1, -0.05) is 24.8 Å². The van der Waals surface area contributed by atoms with Gasteiger partial charge in [0.2, 0.25) is 5.78 Å². The zero-order valence-electron chi connectivity index (χ0n) is 15.3. The molecule has 27 heavy (non-hydrogen) atoms. The highest BCUT2D eigenvalue weighted by Crippen LogP contribution is 2.36. The van der Waals surface area contributed by atoms with E-state index in [0.29, 0.717) is 29.4 Å². The van der Waals surface area contributed by atoms with Gasteiger partial charge in [0.15, 0.2) is 5.76 Å². The number of ketones is 1. The van der Waals surface area contributed by atoms with Crippen LogP contribution in [0.4, 0.5) is 0 Å². The van der Waals surface area contributed by atoms with Gasteiger partial charge in [-0.15, -0.1) is 0 Å². The van der Waals surface area contributed by atoms with E-state index in [0.717, 1.165) is 22.5 Å². The monoisotopic (exact) mass is 360 g/mol. The Bertz CT molecular complexity index is 997. The molecule has 0 saturated heterocycles. The number of rotatable bonds is 4. The predicted molar refractivity (Wildman–Crippen MR) is 104 cm³/mol. The fourth-order valence-corrected chi connectivity index (χ4v) is 3.04. The van der Waals surface area contributed by atoms with Crippen LogP contribution in [0.5, 0.6) is 17.2 Å². The summed E-state index contributed by atoms with van der Waals surface area (Å²) >= 11 is 0. The lowest BCUT2D eigenvalue weighted by Crippen LogP contribution is -2.18. The van der Waals surface area contributed by atoms with Crippen molar-refractivity contribution < 1.29 is 19.0 Å². The van der Waals surface area contributed by atoms with Crippen LogP contribution in [-0.2, 0) is 0 Å². The lowest BCUT2D eigenvalue weighted by atomic mass is 10.0. The minimum atomic E-state index is -0.165. The lowest BCUT2D eigenvalue weighted by molar-refractivity contribution is 0.101. The molecule has 0 fully saturated rings. The van der Waals surface area contributed by atoms with Crippen molar-refractivity contribution in [3.05, 3.63) is 83.2 Å². The molecule has 2 aromatic rings. The molecule has 0 aliphatic carbocycles. The van der Waals surface area contributed by atoms with Crippen LogP contribution in [0.1, 0.15) is 29.8 Å². The molecule has 0 bridgehead atoms. The molecule has 0 radical (unpaired) electrons. The summed E-state index contributed by atoms with van der Waals surface area (Å²) in [5.74, 6) is 2.16. The van der Waals surface area contributed by atoms with Crippen LogP contribution in [0.2, 0.25) is 0 Å². The van der Waals surface area contributed by atoms with Crippen LogP contribution in [0.15, 0.2) is 72.0 Å². The number of benzene rings is 2. The molecule has 4 rings (SSSR count). The number of para-hydroxylation sites is 1. The molecule has 2 aromatic carbocycles. The average molecular weight is 360 g/mol. The Hall–Kier alpha value is -3.27.